The zero-order valence-corrected chi connectivity index (χ0v) is 26.8. The number of ether oxygens (including phenoxy) is 3. The number of carbonyl (C=O) groups is 4. The number of benzene rings is 2. The van der Waals surface area contributed by atoms with E-state index in [1.807, 2.05) is 6.07 Å². The highest BCUT2D eigenvalue weighted by atomic mass is 35.5. The fourth-order valence-corrected chi connectivity index (χ4v) is 7.50. The van der Waals surface area contributed by atoms with Gasteiger partial charge in [-0.1, -0.05) is 78.4 Å². The van der Waals surface area contributed by atoms with E-state index in [9.17, 15) is 24.3 Å². The highest BCUT2D eigenvalue weighted by Gasteiger charge is 2.71. The number of rotatable bonds is 7. The third-order valence-electron chi connectivity index (χ3n) is 9.26. The first kappa shape index (κ1) is 32.9. The van der Waals surface area contributed by atoms with Crippen LogP contribution in [0.3, 0.4) is 0 Å². The third kappa shape index (κ3) is 6.09. The molecule has 0 saturated carbocycles. The lowest BCUT2D eigenvalue weighted by atomic mass is 9.77. The van der Waals surface area contributed by atoms with Crippen molar-refractivity contribution in [3.8, 4) is 0 Å². The van der Waals surface area contributed by atoms with Crippen molar-refractivity contribution < 1.29 is 38.5 Å². The summed E-state index contributed by atoms with van der Waals surface area (Å²) in [6, 6.07) is 14.1. The molecule has 3 amide bonds. The smallest absolute Gasteiger partial charge is 0.313 e. The van der Waals surface area contributed by atoms with Crippen molar-refractivity contribution in [2.45, 2.75) is 49.2 Å². The Morgan fingerprint density at radius 2 is 1.81 bits per heavy atom. The summed E-state index contributed by atoms with van der Waals surface area (Å²) < 4.78 is 18.4. The first-order valence-corrected chi connectivity index (χ1v) is 16.2. The van der Waals surface area contributed by atoms with Crippen LogP contribution in [0.25, 0.3) is 0 Å². The third-order valence-corrected chi connectivity index (χ3v) is 9.58. The summed E-state index contributed by atoms with van der Waals surface area (Å²) in [5.41, 5.74) is -0.392. The van der Waals surface area contributed by atoms with Crippen LogP contribution in [0.1, 0.15) is 30.9 Å². The fraction of sp³-hybridized carbons (Fsp3) is 0.429. The minimum atomic E-state index is -1.51. The van der Waals surface area contributed by atoms with Crippen LogP contribution in [0.15, 0.2) is 78.9 Å². The second kappa shape index (κ2) is 14.0. The van der Waals surface area contributed by atoms with Gasteiger partial charge in [0.15, 0.2) is 0 Å². The van der Waals surface area contributed by atoms with Gasteiger partial charge in [0, 0.05) is 33.2 Å². The van der Waals surface area contributed by atoms with E-state index in [2.05, 4.69) is 5.32 Å². The average Bonchev–Trinajstić information content (AvgIpc) is 3.45. The molecule has 0 aromatic heterocycles. The van der Waals surface area contributed by atoms with E-state index in [0.29, 0.717) is 22.7 Å². The van der Waals surface area contributed by atoms with Gasteiger partial charge in [-0.3, -0.25) is 19.2 Å². The van der Waals surface area contributed by atoms with Gasteiger partial charge in [-0.2, -0.15) is 0 Å². The number of esters is 1. The van der Waals surface area contributed by atoms with Crippen LogP contribution in [0.5, 0.6) is 0 Å². The molecule has 6 rings (SSSR count). The maximum Gasteiger partial charge on any atom is 0.313 e. The van der Waals surface area contributed by atoms with Crippen LogP contribution in [-0.4, -0.2) is 90.9 Å². The number of aliphatic hydroxyl groups is 1. The summed E-state index contributed by atoms with van der Waals surface area (Å²) in [6.07, 6.45) is 5.82. The van der Waals surface area contributed by atoms with Crippen LogP contribution in [0.4, 0.5) is 5.69 Å². The van der Waals surface area contributed by atoms with E-state index in [1.165, 1.54) is 16.9 Å². The van der Waals surface area contributed by atoms with Crippen molar-refractivity contribution in [2.75, 3.05) is 38.3 Å². The Morgan fingerprint density at radius 3 is 2.55 bits per heavy atom. The number of hydrogen-bond acceptors (Lipinski definition) is 8. The Morgan fingerprint density at radius 1 is 1.04 bits per heavy atom. The molecule has 0 radical (unpaired) electrons. The molecule has 0 bridgehead atoms. The van der Waals surface area contributed by atoms with Crippen molar-refractivity contribution >= 4 is 41.0 Å². The molecule has 7 atom stereocenters. The summed E-state index contributed by atoms with van der Waals surface area (Å²) in [6.45, 7) is 0.110. The van der Waals surface area contributed by atoms with Crippen LogP contribution >= 0.6 is 11.6 Å². The van der Waals surface area contributed by atoms with E-state index in [-0.39, 0.29) is 45.1 Å². The Hall–Kier alpha value is -4.03. The number of hydrogen-bond donors (Lipinski definition) is 2. The van der Waals surface area contributed by atoms with Gasteiger partial charge in [0.25, 0.3) is 5.91 Å². The number of fused-ring (bicyclic) bond motifs is 2. The van der Waals surface area contributed by atoms with E-state index < -0.39 is 59.5 Å². The largest absolute Gasteiger partial charge is 0.455 e. The second-order valence-electron chi connectivity index (χ2n) is 12.1. The molecule has 2 saturated heterocycles. The normalized spacial score (nSPS) is 31.6. The molecular weight excluding hydrogens is 626 g/mol. The lowest BCUT2D eigenvalue weighted by Gasteiger charge is -2.35. The van der Waals surface area contributed by atoms with Crippen LogP contribution in [-0.2, 0) is 33.4 Å². The number of likely N-dealkylation sites (tertiary alicyclic amines) is 1. The fourth-order valence-electron chi connectivity index (χ4n) is 7.26. The molecular formula is C35H38ClN3O8. The van der Waals surface area contributed by atoms with Crippen molar-refractivity contribution in [3.63, 3.8) is 0 Å². The Kier molecular flexibility index (Phi) is 9.79. The number of amides is 3. The quantitative estimate of drug-likeness (QED) is 0.341. The number of carbonyl (C=O) groups excluding carboxylic acids is 4. The molecule has 2 aromatic carbocycles. The minimum absolute atomic E-state index is 0.0669. The van der Waals surface area contributed by atoms with Crippen LogP contribution in [0, 0.1) is 11.8 Å². The second-order valence-corrected chi connectivity index (χ2v) is 12.5. The first-order valence-electron chi connectivity index (χ1n) is 15.8. The van der Waals surface area contributed by atoms with E-state index in [1.54, 1.807) is 72.8 Å². The Labute approximate surface area is 278 Å². The molecule has 0 aliphatic carbocycles. The average molecular weight is 664 g/mol. The van der Waals surface area contributed by atoms with Gasteiger partial charge in [-0.25, -0.2) is 0 Å². The highest BCUT2D eigenvalue weighted by Crippen LogP contribution is 2.53. The van der Waals surface area contributed by atoms with E-state index in [0.717, 1.165) is 0 Å². The number of allylic oxidation sites excluding steroid dienone is 1. The molecule has 0 unspecified atom stereocenters. The Balaban J connectivity index is 1.44. The maximum absolute atomic E-state index is 14.5. The molecule has 248 valence electrons. The monoisotopic (exact) mass is 663 g/mol. The predicted octanol–water partition coefficient (Wildman–Crippen LogP) is 2.97. The van der Waals surface area contributed by atoms with Gasteiger partial charge in [-0.15, -0.1) is 0 Å². The standard InChI is InChI=1S/C35H38ClN3O8/c1-45-21-24-30(22-11-3-2-4-12-22)46-34(44)28-26(15-7-8-16-27(41)37-24)47-35-17-9-18-38(25-14-6-5-13-23(25)36)33(43)31(35)39(19-10-20-40)32(42)29(28)35/h2-7,9,11-15,17,24,26,28-31,40H,8,10,16,18-21H2,1H3,(H,37,41)/b15-7-/t24-,26-,28+,29+,30-,31-,35+/m0/s1. The van der Waals surface area contributed by atoms with Crippen molar-refractivity contribution in [1.29, 1.82) is 0 Å². The number of aliphatic hydroxyl groups excluding tert-OH is 1. The number of anilines is 1. The lowest BCUT2D eigenvalue weighted by molar-refractivity contribution is -0.162. The van der Waals surface area contributed by atoms with Crippen molar-refractivity contribution in [1.82, 2.24) is 10.2 Å². The predicted molar refractivity (Wildman–Crippen MR) is 172 cm³/mol. The van der Waals surface area contributed by atoms with Gasteiger partial charge in [0.1, 0.15) is 23.7 Å². The zero-order valence-electron chi connectivity index (χ0n) is 26.0. The molecule has 2 fully saturated rings. The number of para-hydroxylation sites is 1. The SMILES string of the molecule is COC[C@@H]1NC(=O)CC/C=C\[C@@H]2O[C@@]34C=CCN(c5ccccc5Cl)C(=O)[C@@H]3N(CCCO)C(=O)[C@H]4[C@@H]2C(=O)O[C@H]1c1ccccc1. The van der Waals surface area contributed by atoms with Gasteiger partial charge < -0.3 is 34.4 Å². The number of nitrogens with one attached hydrogen (secondary N) is 1. The van der Waals surface area contributed by atoms with Gasteiger partial charge in [0.05, 0.1) is 35.4 Å². The lowest BCUT2D eigenvalue weighted by Crippen LogP contribution is -2.55. The minimum Gasteiger partial charge on any atom is -0.455 e. The summed E-state index contributed by atoms with van der Waals surface area (Å²) in [5, 5.41) is 13.0. The van der Waals surface area contributed by atoms with Crippen LogP contribution < -0.4 is 10.2 Å². The van der Waals surface area contributed by atoms with Gasteiger partial charge in [0.2, 0.25) is 11.8 Å². The molecule has 2 aromatic rings. The molecule has 1 spiro atoms. The Bertz CT molecular complexity index is 1570. The highest BCUT2D eigenvalue weighted by molar-refractivity contribution is 6.34. The molecule has 11 nitrogen and oxygen atoms in total. The summed E-state index contributed by atoms with van der Waals surface area (Å²) >= 11 is 6.53. The topological polar surface area (TPSA) is 135 Å². The number of nitrogens with zero attached hydrogens (tertiary/aromatic N) is 2. The van der Waals surface area contributed by atoms with Crippen molar-refractivity contribution in [3.05, 3.63) is 89.5 Å². The summed E-state index contributed by atoms with van der Waals surface area (Å²) in [5.74, 6) is -4.01. The van der Waals surface area contributed by atoms with E-state index in [4.69, 9.17) is 25.8 Å². The van der Waals surface area contributed by atoms with Gasteiger partial charge >= 0.3 is 5.97 Å². The zero-order chi connectivity index (χ0) is 33.1. The first-order chi connectivity index (χ1) is 22.8. The molecule has 4 aliphatic heterocycles. The van der Waals surface area contributed by atoms with Gasteiger partial charge in [-0.05, 0) is 30.5 Å². The molecule has 12 heteroatoms. The molecule has 47 heavy (non-hydrogen) atoms. The van der Waals surface area contributed by atoms with E-state index >= 15 is 0 Å². The summed E-state index contributed by atoms with van der Waals surface area (Å²) in [7, 11) is 1.50. The number of cyclic esters (lactones) is 1. The summed E-state index contributed by atoms with van der Waals surface area (Å²) in [4.78, 5) is 59.4. The van der Waals surface area contributed by atoms with Crippen LogP contribution in [0.2, 0.25) is 5.02 Å². The number of methoxy groups -OCH3 is 1. The molecule has 4 aliphatic rings. The maximum atomic E-state index is 14.5. The molecule has 2 N–H and O–H groups in total. The number of halogens is 1. The van der Waals surface area contributed by atoms with Crippen molar-refractivity contribution in [2.24, 2.45) is 11.8 Å². The molecule has 4 heterocycles.